The second kappa shape index (κ2) is 5.66. The third-order valence-electron chi connectivity index (χ3n) is 2.84. The van der Waals surface area contributed by atoms with E-state index in [0.717, 1.165) is 11.8 Å². The minimum atomic E-state index is -4.38. The van der Waals surface area contributed by atoms with E-state index in [0.29, 0.717) is 18.3 Å². The third kappa shape index (κ3) is 3.39. The Morgan fingerprint density at radius 3 is 2.60 bits per heavy atom. The van der Waals surface area contributed by atoms with Crippen molar-refractivity contribution in [1.82, 2.24) is 15.5 Å². The molecule has 0 aliphatic rings. The number of hydrogen-bond acceptors (Lipinski definition) is 2. The predicted molar refractivity (Wildman–Crippen MR) is 71.0 cm³/mol. The summed E-state index contributed by atoms with van der Waals surface area (Å²) in [5.41, 5.74) is 0.478. The van der Waals surface area contributed by atoms with Gasteiger partial charge in [0.2, 0.25) is 0 Å². The average molecular weight is 283 g/mol. The molecule has 0 fully saturated rings. The fourth-order valence-electron chi connectivity index (χ4n) is 1.86. The Morgan fingerprint density at radius 1 is 1.25 bits per heavy atom. The standard InChI is InChI=1S/C14H16F3N3/c1-9(2)18-8-10-7-13(20-19-10)11-5-3-4-6-12(11)14(15,16)17/h3-7,9,18H,8H2,1-2H3,(H,19,20). The van der Waals surface area contributed by atoms with Crippen molar-refractivity contribution in [3.8, 4) is 11.3 Å². The lowest BCUT2D eigenvalue weighted by molar-refractivity contribution is -0.137. The molecule has 3 nitrogen and oxygen atoms in total. The number of benzene rings is 1. The number of nitrogens with zero attached hydrogens (tertiary/aromatic N) is 1. The van der Waals surface area contributed by atoms with Crippen molar-refractivity contribution in [1.29, 1.82) is 0 Å². The summed E-state index contributed by atoms with van der Waals surface area (Å²) in [6.07, 6.45) is -4.38. The van der Waals surface area contributed by atoms with E-state index in [-0.39, 0.29) is 5.56 Å². The minimum absolute atomic E-state index is 0.0899. The molecule has 108 valence electrons. The molecule has 2 rings (SSSR count). The van der Waals surface area contributed by atoms with Gasteiger partial charge in [0.25, 0.3) is 0 Å². The smallest absolute Gasteiger partial charge is 0.309 e. The number of rotatable bonds is 4. The Bertz CT molecular complexity index is 573. The van der Waals surface area contributed by atoms with Gasteiger partial charge in [0.05, 0.1) is 11.3 Å². The van der Waals surface area contributed by atoms with Crippen molar-refractivity contribution < 1.29 is 13.2 Å². The average Bonchev–Trinajstić information content (AvgIpc) is 2.84. The Labute approximate surface area is 115 Å². The van der Waals surface area contributed by atoms with E-state index in [1.165, 1.54) is 12.1 Å². The number of halogens is 3. The van der Waals surface area contributed by atoms with Gasteiger partial charge in [0.15, 0.2) is 0 Å². The molecule has 1 aromatic carbocycles. The van der Waals surface area contributed by atoms with Crippen LogP contribution in [0.25, 0.3) is 11.3 Å². The van der Waals surface area contributed by atoms with Gasteiger partial charge in [0.1, 0.15) is 0 Å². The van der Waals surface area contributed by atoms with E-state index in [1.54, 1.807) is 12.1 Å². The lowest BCUT2D eigenvalue weighted by Crippen LogP contribution is -2.21. The molecule has 0 atom stereocenters. The second-order valence-corrected chi connectivity index (χ2v) is 4.86. The molecule has 2 N–H and O–H groups in total. The lowest BCUT2D eigenvalue weighted by atomic mass is 10.0. The molecule has 0 saturated carbocycles. The molecule has 1 heterocycles. The maximum Gasteiger partial charge on any atom is 0.417 e. The van der Waals surface area contributed by atoms with Crippen LogP contribution in [0.15, 0.2) is 30.3 Å². The molecule has 20 heavy (non-hydrogen) atoms. The van der Waals surface area contributed by atoms with Crippen LogP contribution in [0.3, 0.4) is 0 Å². The fraction of sp³-hybridized carbons (Fsp3) is 0.357. The Balaban J connectivity index is 2.29. The summed E-state index contributed by atoms with van der Waals surface area (Å²) < 4.78 is 38.8. The van der Waals surface area contributed by atoms with E-state index < -0.39 is 11.7 Å². The molecular weight excluding hydrogens is 267 g/mol. The first kappa shape index (κ1) is 14.6. The van der Waals surface area contributed by atoms with Crippen LogP contribution < -0.4 is 5.32 Å². The molecule has 0 unspecified atom stereocenters. The van der Waals surface area contributed by atoms with Gasteiger partial charge >= 0.3 is 6.18 Å². The maximum absolute atomic E-state index is 12.9. The molecule has 0 bridgehead atoms. The fourth-order valence-corrected chi connectivity index (χ4v) is 1.86. The quantitative estimate of drug-likeness (QED) is 0.900. The highest BCUT2D eigenvalue weighted by molar-refractivity contribution is 5.64. The van der Waals surface area contributed by atoms with E-state index in [2.05, 4.69) is 15.5 Å². The van der Waals surface area contributed by atoms with Gasteiger partial charge in [-0.1, -0.05) is 32.0 Å². The summed E-state index contributed by atoms with van der Waals surface area (Å²) in [6, 6.07) is 7.38. The topological polar surface area (TPSA) is 40.7 Å². The number of H-pyrrole nitrogens is 1. The van der Waals surface area contributed by atoms with Crippen LogP contribution in [0.1, 0.15) is 25.1 Å². The molecule has 2 aromatic rings. The zero-order valence-corrected chi connectivity index (χ0v) is 11.3. The van der Waals surface area contributed by atoms with E-state index in [1.807, 2.05) is 13.8 Å². The summed E-state index contributed by atoms with van der Waals surface area (Å²) in [5, 5.41) is 9.91. The van der Waals surface area contributed by atoms with Crippen molar-refractivity contribution >= 4 is 0 Å². The van der Waals surface area contributed by atoms with Gasteiger partial charge < -0.3 is 5.32 Å². The summed E-state index contributed by atoms with van der Waals surface area (Å²) >= 11 is 0. The highest BCUT2D eigenvalue weighted by Gasteiger charge is 2.33. The predicted octanol–water partition coefficient (Wildman–Crippen LogP) is 3.59. The molecule has 0 aliphatic carbocycles. The largest absolute Gasteiger partial charge is 0.417 e. The number of alkyl halides is 3. The van der Waals surface area contributed by atoms with Crippen LogP contribution in [-0.2, 0) is 12.7 Å². The van der Waals surface area contributed by atoms with E-state index in [4.69, 9.17) is 0 Å². The molecule has 0 aliphatic heterocycles. The zero-order valence-electron chi connectivity index (χ0n) is 11.3. The van der Waals surface area contributed by atoms with Crippen LogP contribution in [0.4, 0.5) is 13.2 Å². The highest BCUT2D eigenvalue weighted by atomic mass is 19.4. The maximum atomic E-state index is 12.9. The first-order valence-corrected chi connectivity index (χ1v) is 6.32. The summed E-state index contributed by atoms with van der Waals surface area (Å²) in [6.45, 7) is 4.53. The molecular formula is C14H16F3N3. The van der Waals surface area contributed by atoms with Gasteiger partial charge in [-0.15, -0.1) is 0 Å². The molecule has 6 heteroatoms. The van der Waals surface area contributed by atoms with Gasteiger partial charge in [-0.3, -0.25) is 5.10 Å². The van der Waals surface area contributed by atoms with E-state index >= 15 is 0 Å². The lowest BCUT2D eigenvalue weighted by Gasteiger charge is -2.10. The van der Waals surface area contributed by atoms with Crippen LogP contribution in [0.5, 0.6) is 0 Å². The molecule has 0 radical (unpaired) electrons. The van der Waals surface area contributed by atoms with Gasteiger partial charge in [0, 0.05) is 23.8 Å². The summed E-state index contributed by atoms with van der Waals surface area (Å²) in [7, 11) is 0. The molecule has 1 aromatic heterocycles. The Morgan fingerprint density at radius 2 is 1.95 bits per heavy atom. The second-order valence-electron chi connectivity index (χ2n) is 4.86. The first-order chi connectivity index (χ1) is 9.38. The first-order valence-electron chi connectivity index (χ1n) is 6.32. The minimum Gasteiger partial charge on any atom is -0.309 e. The summed E-state index contributed by atoms with van der Waals surface area (Å²) in [5.74, 6) is 0. The van der Waals surface area contributed by atoms with Gasteiger partial charge in [-0.2, -0.15) is 18.3 Å². The van der Waals surface area contributed by atoms with Crippen LogP contribution in [0, 0.1) is 0 Å². The van der Waals surface area contributed by atoms with Gasteiger partial charge in [-0.05, 0) is 12.1 Å². The number of nitrogens with one attached hydrogen (secondary N) is 2. The molecule has 0 amide bonds. The Hall–Kier alpha value is -1.82. The van der Waals surface area contributed by atoms with Crippen molar-refractivity contribution in [2.45, 2.75) is 32.6 Å². The Kier molecular flexibility index (Phi) is 4.13. The SMILES string of the molecule is CC(C)NCc1cc(-c2ccccc2C(F)(F)F)n[nH]1. The molecule has 0 saturated heterocycles. The molecule has 0 spiro atoms. The number of hydrogen-bond donors (Lipinski definition) is 2. The van der Waals surface area contributed by atoms with Gasteiger partial charge in [-0.25, -0.2) is 0 Å². The van der Waals surface area contributed by atoms with Crippen molar-refractivity contribution in [3.63, 3.8) is 0 Å². The van der Waals surface area contributed by atoms with E-state index in [9.17, 15) is 13.2 Å². The number of aromatic amines is 1. The van der Waals surface area contributed by atoms with Crippen molar-refractivity contribution in [2.75, 3.05) is 0 Å². The zero-order chi connectivity index (χ0) is 14.8. The third-order valence-corrected chi connectivity index (χ3v) is 2.84. The van der Waals surface area contributed by atoms with Crippen molar-refractivity contribution in [3.05, 3.63) is 41.6 Å². The van der Waals surface area contributed by atoms with Crippen LogP contribution in [-0.4, -0.2) is 16.2 Å². The normalized spacial score (nSPS) is 12.1. The monoisotopic (exact) mass is 283 g/mol. The number of aromatic nitrogens is 2. The highest BCUT2D eigenvalue weighted by Crippen LogP contribution is 2.36. The van der Waals surface area contributed by atoms with Crippen LogP contribution in [0.2, 0.25) is 0 Å². The van der Waals surface area contributed by atoms with Crippen LogP contribution >= 0.6 is 0 Å². The summed E-state index contributed by atoms with van der Waals surface area (Å²) in [4.78, 5) is 0. The van der Waals surface area contributed by atoms with Crippen molar-refractivity contribution in [2.24, 2.45) is 0 Å².